The van der Waals surface area contributed by atoms with Crippen molar-refractivity contribution in [3.8, 4) is 16.9 Å². The van der Waals surface area contributed by atoms with Crippen LogP contribution in [0.25, 0.3) is 11.1 Å². The number of phenols is 1. The Bertz CT molecular complexity index is 933. The molecule has 0 bridgehead atoms. The highest BCUT2D eigenvalue weighted by Gasteiger charge is 2.15. The number of phenolic OH excluding ortho intramolecular Hbond substituents is 1. The molecule has 0 saturated heterocycles. The number of rotatable bonds is 4. The molecule has 0 heterocycles. The average molecular weight is 348 g/mol. The first kappa shape index (κ1) is 17.2. The topological polar surface area (TPSA) is 83.7 Å². The number of non-ortho nitro benzene ring substituents is 1. The van der Waals surface area contributed by atoms with Gasteiger partial charge in [0.25, 0.3) is 11.6 Å². The lowest BCUT2D eigenvalue weighted by Gasteiger charge is -2.17. The Labute approximate surface area is 150 Å². The minimum atomic E-state index is -0.479. The van der Waals surface area contributed by atoms with Crippen LogP contribution in [0.5, 0.6) is 5.75 Å². The van der Waals surface area contributed by atoms with Gasteiger partial charge in [0.1, 0.15) is 5.75 Å². The summed E-state index contributed by atoms with van der Waals surface area (Å²) in [5, 5.41) is 20.1. The Hall–Kier alpha value is -3.67. The number of carbonyl (C=O) groups is 1. The second-order valence-electron chi connectivity index (χ2n) is 5.76. The molecule has 0 aliphatic rings. The third-order valence-corrected chi connectivity index (χ3v) is 4.08. The van der Waals surface area contributed by atoms with Crippen molar-refractivity contribution in [3.63, 3.8) is 0 Å². The first-order valence-corrected chi connectivity index (χ1v) is 7.88. The Morgan fingerprint density at radius 1 is 0.885 bits per heavy atom. The van der Waals surface area contributed by atoms with Crippen LogP contribution in [-0.4, -0.2) is 23.0 Å². The lowest BCUT2D eigenvalue weighted by molar-refractivity contribution is -0.384. The molecule has 1 amide bonds. The normalized spacial score (nSPS) is 10.3. The summed E-state index contributed by atoms with van der Waals surface area (Å²) in [4.78, 5) is 24.3. The van der Waals surface area contributed by atoms with Gasteiger partial charge >= 0.3 is 0 Å². The molecule has 0 aliphatic heterocycles. The van der Waals surface area contributed by atoms with Gasteiger partial charge in [0, 0.05) is 30.4 Å². The van der Waals surface area contributed by atoms with Crippen molar-refractivity contribution in [2.75, 3.05) is 11.9 Å². The van der Waals surface area contributed by atoms with Crippen LogP contribution in [0.2, 0.25) is 0 Å². The summed E-state index contributed by atoms with van der Waals surface area (Å²) in [6, 6.07) is 19.8. The van der Waals surface area contributed by atoms with Gasteiger partial charge in [0.2, 0.25) is 0 Å². The summed E-state index contributed by atoms with van der Waals surface area (Å²) < 4.78 is 0. The molecule has 0 radical (unpaired) electrons. The van der Waals surface area contributed by atoms with Gasteiger partial charge < -0.3 is 10.0 Å². The van der Waals surface area contributed by atoms with Gasteiger partial charge in [-0.1, -0.05) is 24.3 Å². The van der Waals surface area contributed by atoms with Crippen LogP contribution < -0.4 is 4.90 Å². The lowest BCUT2D eigenvalue weighted by atomic mass is 10.0. The minimum absolute atomic E-state index is 0.0205. The molecule has 3 aromatic rings. The van der Waals surface area contributed by atoms with Gasteiger partial charge in [-0.25, -0.2) is 0 Å². The molecule has 6 nitrogen and oxygen atoms in total. The molecule has 0 atom stereocenters. The fourth-order valence-electron chi connectivity index (χ4n) is 2.57. The van der Waals surface area contributed by atoms with Crippen molar-refractivity contribution < 1.29 is 14.8 Å². The smallest absolute Gasteiger partial charge is 0.269 e. The van der Waals surface area contributed by atoms with Crippen LogP contribution in [0, 0.1) is 10.1 Å². The quantitative estimate of drug-likeness (QED) is 0.564. The predicted octanol–water partition coefficient (Wildman–Crippen LogP) is 4.24. The second-order valence-corrected chi connectivity index (χ2v) is 5.76. The summed E-state index contributed by atoms with van der Waals surface area (Å²) in [5.41, 5.74) is 2.93. The zero-order valence-electron chi connectivity index (χ0n) is 14.0. The number of hydrogen-bond donors (Lipinski definition) is 1. The maximum atomic E-state index is 12.6. The largest absolute Gasteiger partial charge is 0.508 e. The van der Waals surface area contributed by atoms with Crippen molar-refractivity contribution in [3.05, 3.63) is 88.5 Å². The van der Waals surface area contributed by atoms with E-state index in [2.05, 4.69) is 0 Å². The zero-order valence-corrected chi connectivity index (χ0v) is 14.0. The Balaban J connectivity index is 1.78. The molecule has 0 aliphatic carbocycles. The SMILES string of the molecule is CN(C(=O)c1ccc(-c2ccc(O)cc2)cc1)c1ccc([N+](=O)[O-])cc1. The van der Waals surface area contributed by atoms with Gasteiger partial charge in [-0.15, -0.1) is 0 Å². The number of anilines is 1. The first-order chi connectivity index (χ1) is 12.5. The van der Waals surface area contributed by atoms with E-state index in [0.29, 0.717) is 11.3 Å². The van der Waals surface area contributed by atoms with Crippen molar-refractivity contribution in [2.45, 2.75) is 0 Å². The van der Waals surface area contributed by atoms with Gasteiger partial charge in [-0.3, -0.25) is 14.9 Å². The van der Waals surface area contributed by atoms with Crippen LogP contribution in [0.3, 0.4) is 0 Å². The number of nitrogens with zero attached hydrogens (tertiary/aromatic N) is 2. The van der Waals surface area contributed by atoms with E-state index in [-0.39, 0.29) is 17.3 Å². The maximum Gasteiger partial charge on any atom is 0.269 e. The summed E-state index contributed by atoms with van der Waals surface area (Å²) in [7, 11) is 1.62. The number of nitro benzene ring substituents is 1. The summed E-state index contributed by atoms with van der Waals surface area (Å²) in [6.07, 6.45) is 0. The monoisotopic (exact) mass is 348 g/mol. The molecule has 0 saturated carbocycles. The summed E-state index contributed by atoms with van der Waals surface area (Å²) >= 11 is 0. The molecule has 3 rings (SSSR count). The van der Waals surface area contributed by atoms with E-state index >= 15 is 0 Å². The molecule has 0 aromatic heterocycles. The number of hydrogen-bond acceptors (Lipinski definition) is 4. The fourth-order valence-corrected chi connectivity index (χ4v) is 2.57. The van der Waals surface area contributed by atoms with Crippen molar-refractivity contribution in [1.82, 2.24) is 0 Å². The highest BCUT2D eigenvalue weighted by atomic mass is 16.6. The molecule has 3 aromatic carbocycles. The fraction of sp³-hybridized carbons (Fsp3) is 0.0500. The molecule has 0 unspecified atom stereocenters. The predicted molar refractivity (Wildman–Crippen MR) is 99.4 cm³/mol. The number of nitro groups is 1. The van der Waals surface area contributed by atoms with Gasteiger partial charge in [-0.2, -0.15) is 0 Å². The van der Waals surface area contributed by atoms with Crippen molar-refractivity contribution in [2.24, 2.45) is 0 Å². The van der Waals surface area contributed by atoms with E-state index in [4.69, 9.17) is 0 Å². The van der Waals surface area contributed by atoms with Crippen LogP contribution in [0.15, 0.2) is 72.8 Å². The molecule has 6 heteroatoms. The van der Waals surface area contributed by atoms with E-state index in [0.717, 1.165) is 11.1 Å². The molecule has 0 fully saturated rings. The van der Waals surface area contributed by atoms with E-state index in [1.807, 2.05) is 12.1 Å². The first-order valence-electron chi connectivity index (χ1n) is 7.88. The van der Waals surface area contributed by atoms with Gasteiger partial charge in [0.05, 0.1) is 4.92 Å². The van der Waals surface area contributed by atoms with Gasteiger partial charge in [0.15, 0.2) is 0 Å². The number of aromatic hydroxyl groups is 1. The molecule has 26 heavy (non-hydrogen) atoms. The van der Waals surface area contributed by atoms with Gasteiger partial charge in [-0.05, 0) is 47.5 Å². The van der Waals surface area contributed by atoms with Crippen LogP contribution in [0.1, 0.15) is 10.4 Å². The van der Waals surface area contributed by atoms with Crippen molar-refractivity contribution >= 4 is 17.3 Å². The van der Waals surface area contributed by atoms with E-state index in [9.17, 15) is 20.0 Å². The Morgan fingerprint density at radius 2 is 1.38 bits per heavy atom. The highest BCUT2D eigenvalue weighted by molar-refractivity contribution is 6.06. The number of amides is 1. The average Bonchev–Trinajstić information content (AvgIpc) is 2.67. The highest BCUT2D eigenvalue weighted by Crippen LogP contribution is 2.24. The third-order valence-electron chi connectivity index (χ3n) is 4.08. The van der Waals surface area contributed by atoms with Crippen LogP contribution in [0.4, 0.5) is 11.4 Å². The Kier molecular flexibility index (Phi) is 4.66. The molecular formula is C20H16N2O4. The molecule has 0 spiro atoms. The third kappa shape index (κ3) is 3.54. The molecular weight excluding hydrogens is 332 g/mol. The summed E-state index contributed by atoms with van der Waals surface area (Å²) in [6.45, 7) is 0. The number of carbonyl (C=O) groups excluding carboxylic acids is 1. The molecule has 130 valence electrons. The summed E-state index contributed by atoms with van der Waals surface area (Å²) in [5.74, 6) is -0.0126. The van der Waals surface area contributed by atoms with E-state index in [1.54, 1.807) is 55.6 Å². The zero-order chi connectivity index (χ0) is 18.7. The standard InChI is InChI=1S/C20H16N2O4/c1-21(17-8-10-18(11-9-17)22(25)26)20(24)16-4-2-14(3-5-16)15-6-12-19(23)13-7-15/h2-13,23H,1H3. The molecule has 1 N–H and O–H groups in total. The van der Waals surface area contributed by atoms with E-state index in [1.165, 1.54) is 17.0 Å². The van der Waals surface area contributed by atoms with Crippen LogP contribution >= 0.6 is 0 Å². The Morgan fingerprint density at radius 3 is 1.88 bits per heavy atom. The van der Waals surface area contributed by atoms with Crippen molar-refractivity contribution in [1.29, 1.82) is 0 Å². The number of benzene rings is 3. The lowest BCUT2D eigenvalue weighted by Crippen LogP contribution is -2.26. The van der Waals surface area contributed by atoms with Crippen LogP contribution in [-0.2, 0) is 0 Å². The van der Waals surface area contributed by atoms with E-state index < -0.39 is 4.92 Å². The minimum Gasteiger partial charge on any atom is -0.508 e. The second kappa shape index (κ2) is 7.06. The maximum absolute atomic E-state index is 12.6.